The fourth-order valence-electron chi connectivity index (χ4n) is 4.98. The Bertz CT molecular complexity index is 1060. The van der Waals surface area contributed by atoms with Crippen LogP contribution in [0.3, 0.4) is 0 Å². The number of ether oxygens (including phenoxy) is 1. The van der Waals surface area contributed by atoms with Crippen molar-refractivity contribution in [3.63, 3.8) is 0 Å². The molecular weight excluding hydrogens is 447 g/mol. The fraction of sp³-hybridized carbons (Fsp3) is 0.333. The number of benzene rings is 3. The summed E-state index contributed by atoms with van der Waals surface area (Å²) in [6, 6.07) is 25.1. The van der Waals surface area contributed by atoms with E-state index < -0.39 is 7.14 Å². The molecule has 0 aliphatic carbocycles. The molecule has 0 spiro atoms. The molecule has 0 unspecified atom stereocenters. The molecule has 1 aliphatic rings. The van der Waals surface area contributed by atoms with E-state index in [0.29, 0.717) is 18.8 Å². The third-order valence-electron chi connectivity index (χ3n) is 6.48. The maximum absolute atomic E-state index is 15.2. The lowest BCUT2D eigenvalue weighted by Crippen LogP contribution is -2.48. The molecule has 1 aliphatic heterocycles. The molecule has 1 heterocycles. The van der Waals surface area contributed by atoms with Crippen molar-refractivity contribution in [2.75, 3.05) is 44.9 Å². The summed E-state index contributed by atoms with van der Waals surface area (Å²) < 4.78 is 21.0. The van der Waals surface area contributed by atoms with Crippen molar-refractivity contribution >= 4 is 28.7 Å². The van der Waals surface area contributed by atoms with Gasteiger partial charge in [-0.05, 0) is 25.0 Å². The van der Waals surface area contributed by atoms with Crippen molar-refractivity contribution in [1.29, 1.82) is 0 Å². The van der Waals surface area contributed by atoms with Gasteiger partial charge in [0.25, 0.3) is 0 Å². The Morgan fingerprint density at radius 3 is 2.03 bits per heavy atom. The van der Waals surface area contributed by atoms with Gasteiger partial charge in [0, 0.05) is 35.5 Å². The van der Waals surface area contributed by atoms with Gasteiger partial charge in [0.1, 0.15) is 5.75 Å². The van der Waals surface area contributed by atoms with Crippen LogP contribution in [0.5, 0.6) is 5.75 Å². The molecule has 7 heteroatoms. The largest absolute Gasteiger partial charge is 0.495 e. The third-order valence-corrected chi connectivity index (χ3v) is 9.57. The van der Waals surface area contributed by atoms with Crippen LogP contribution < -0.4 is 25.6 Å². The Labute approximate surface area is 201 Å². The molecule has 0 radical (unpaired) electrons. The molecule has 3 aromatic carbocycles. The average molecular weight is 481 g/mol. The molecule has 6 nitrogen and oxygen atoms in total. The third kappa shape index (κ3) is 4.64. The highest BCUT2D eigenvalue weighted by Gasteiger charge is 2.39. The summed E-state index contributed by atoms with van der Waals surface area (Å²) >= 11 is 0. The van der Waals surface area contributed by atoms with Crippen molar-refractivity contribution in [2.24, 2.45) is 0 Å². The normalized spacial score (nSPS) is 16.2. The number of anilines is 1. The van der Waals surface area contributed by atoms with Gasteiger partial charge in [-0.2, -0.15) is 0 Å². The van der Waals surface area contributed by atoms with Crippen molar-refractivity contribution in [3.05, 3.63) is 78.9 Å². The lowest BCUT2D eigenvalue weighted by atomic mass is 10.2. The maximum atomic E-state index is 15.2. The highest BCUT2D eigenvalue weighted by molar-refractivity contribution is 7.85. The number of methoxy groups -OCH3 is 1. The van der Waals surface area contributed by atoms with E-state index in [1.165, 1.54) is 0 Å². The van der Waals surface area contributed by atoms with Crippen molar-refractivity contribution in [2.45, 2.75) is 19.0 Å². The van der Waals surface area contributed by atoms with Gasteiger partial charge in [0.2, 0.25) is 0 Å². The molecule has 34 heavy (non-hydrogen) atoms. The van der Waals surface area contributed by atoms with E-state index in [0.717, 1.165) is 41.0 Å². The fourth-order valence-corrected chi connectivity index (χ4v) is 7.85. The van der Waals surface area contributed by atoms with Crippen molar-refractivity contribution in [1.82, 2.24) is 4.90 Å². The van der Waals surface area contributed by atoms with Crippen LogP contribution in [-0.2, 0) is 4.57 Å². The molecule has 1 fully saturated rings. The maximum Gasteiger partial charge on any atom is 0.173 e. The standard InChI is InChI=1S/C27H33N2O4P/c1-33-24-14-8-15-25(27(24)29-17-9-16-26(29)28(18-20-30)19-21-31)34(32,22-10-4-2-5-11-22)23-12-6-3-7-13-23/h2-8,10-15,26,30-31H,9,16-21H2,1H3/t26-/m0/s1. The summed E-state index contributed by atoms with van der Waals surface area (Å²) in [7, 11) is -1.59. The Kier molecular flexibility index (Phi) is 8.07. The highest BCUT2D eigenvalue weighted by Crippen LogP contribution is 2.48. The van der Waals surface area contributed by atoms with E-state index >= 15 is 4.57 Å². The molecule has 0 saturated carbocycles. The number of para-hydroxylation sites is 1. The van der Waals surface area contributed by atoms with Gasteiger partial charge < -0.3 is 24.4 Å². The second-order valence-electron chi connectivity index (χ2n) is 8.41. The number of aliphatic hydroxyl groups is 2. The minimum absolute atomic E-state index is 0.00957. The SMILES string of the molecule is COc1cccc(P(=O)(c2ccccc2)c2ccccc2)c1N1CCC[C@H]1N(CCO)CCO. The molecule has 3 aromatic rings. The quantitative estimate of drug-likeness (QED) is 0.435. The van der Waals surface area contributed by atoms with Gasteiger partial charge in [-0.1, -0.05) is 66.7 Å². The van der Waals surface area contributed by atoms with Crippen LogP contribution in [-0.4, -0.2) is 61.2 Å². The summed E-state index contributed by atoms with van der Waals surface area (Å²) in [5.74, 6) is 0.671. The van der Waals surface area contributed by atoms with Gasteiger partial charge in [-0.25, -0.2) is 0 Å². The zero-order chi connectivity index (χ0) is 24.0. The van der Waals surface area contributed by atoms with Crippen LogP contribution in [0.4, 0.5) is 5.69 Å². The van der Waals surface area contributed by atoms with E-state index in [2.05, 4.69) is 9.80 Å². The lowest BCUT2D eigenvalue weighted by molar-refractivity contribution is 0.124. The van der Waals surface area contributed by atoms with Crippen LogP contribution in [0.25, 0.3) is 0 Å². The molecule has 4 rings (SSSR count). The minimum atomic E-state index is -3.23. The van der Waals surface area contributed by atoms with Gasteiger partial charge in [-0.15, -0.1) is 0 Å². The van der Waals surface area contributed by atoms with E-state index in [-0.39, 0.29) is 19.4 Å². The van der Waals surface area contributed by atoms with Crippen LogP contribution in [0.15, 0.2) is 78.9 Å². The second-order valence-corrected chi connectivity index (χ2v) is 11.1. The number of hydrogen-bond acceptors (Lipinski definition) is 6. The van der Waals surface area contributed by atoms with Crippen LogP contribution in [0.2, 0.25) is 0 Å². The first kappa shape index (κ1) is 24.5. The van der Waals surface area contributed by atoms with Crippen LogP contribution in [0.1, 0.15) is 12.8 Å². The van der Waals surface area contributed by atoms with Crippen molar-refractivity contribution < 1.29 is 19.5 Å². The zero-order valence-corrected chi connectivity index (χ0v) is 20.5. The van der Waals surface area contributed by atoms with Crippen LogP contribution in [0, 0.1) is 0 Å². The van der Waals surface area contributed by atoms with Gasteiger partial charge >= 0.3 is 0 Å². The van der Waals surface area contributed by atoms with E-state index in [9.17, 15) is 10.2 Å². The Balaban J connectivity index is 1.93. The monoisotopic (exact) mass is 480 g/mol. The highest BCUT2D eigenvalue weighted by atomic mass is 31.2. The molecule has 0 bridgehead atoms. The molecule has 0 amide bonds. The Morgan fingerprint density at radius 2 is 1.50 bits per heavy atom. The topological polar surface area (TPSA) is 73.2 Å². The first-order valence-electron chi connectivity index (χ1n) is 11.8. The first-order valence-corrected chi connectivity index (χ1v) is 13.5. The first-order chi connectivity index (χ1) is 16.6. The summed E-state index contributed by atoms with van der Waals surface area (Å²) in [6.45, 7) is 1.71. The summed E-state index contributed by atoms with van der Waals surface area (Å²) in [5.41, 5.74) is 0.824. The smallest absolute Gasteiger partial charge is 0.173 e. The number of aliphatic hydroxyl groups excluding tert-OH is 2. The average Bonchev–Trinajstić information content (AvgIpc) is 3.38. The van der Waals surface area contributed by atoms with Gasteiger partial charge in [-0.3, -0.25) is 4.90 Å². The van der Waals surface area contributed by atoms with E-state index in [4.69, 9.17) is 4.74 Å². The number of hydrogen-bond donors (Lipinski definition) is 2. The summed E-state index contributed by atoms with van der Waals surface area (Å²) in [5, 5.41) is 21.6. The second kappa shape index (κ2) is 11.2. The van der Waals surface area contributed by atoms with Gasteiger partial charge in [0.15, 0.2) is 7.14 Å². The summed E-state index contributed by atoms with van der Waals surface area (Å²) in [4.78, 5) is 4.34. The predicted octanol–water partition coefficient (Wildman–Crippen LogP) is 2.55. The molecule has 1 atom stereocenters. The van der Waals surface area contributed by atoms with Gasteiger partial charge in [0.05, 0.1) is 32.2 Å². The number of rotatable bonds is 10. The predicted molar refractivity (Wildman–Crippen MR) is 138 cm³/mol. The van der Waals surface area contributed by atoms with Crippen LogP contribution >= 0.6 is 7.14 Å². The molecule has 1 saturated heterocycles. The molecule has 2 N–H and O–H groups in total. The molecule has 180 valence electrons. The van der Waals surface area contributed by atoms with E-state index in [1.807, 2.05) is 78.9 Å². The number of nitrogens with zero attached hydrogens (tertiary/aromatic N) is 2. The zero-order valence-electron chi connectivity index (χ0n) is 19.6. The molecular formula is C27H33N2O4P. The summed E-state index contributed by atoms with van der Waals surface area (Å²) in [6.07, 6.45) is 1.81. The molecule has 0 aromatic heterocycles. The van der Waals surface area contributed by atoms with Crippen molar-refractivity contribution in [3.8, 4) is 5.75 Å². The Morgan fingerprint density at radius 1 is 0.912 bits per heavy atom. The minimum Gasteiger partial charge on any atom is -0.495 e. The lowest BCUT2D eigenvalue weighted by Gasteiger charge is -2.38. The van der Waals surface area contributed by atoms with E-state index in [1.54, 1.807) is 7.11 Å². The Hall–Kier alpha value is -2.63.